The Labute approximate surface area is 186 Å². The maximum atomic E-state index is 12.8. The summed E-state index contributed by atoms with van der Waals surface area (Å²) in [5.74, 6) is -0.0112. The highest BCUT2D eigenvalue weighted by atomic mass is 35.5. The average Bonchev–Trinajstić information content (AvgIpc) is 3.11. The largest absolute Gasteiger partial charge is 0.368 e. The van der Waals surface area contributed by atoms with Crippen molar-refractivity contribution in [2.75, 3.05) is 55.6 Å². The number of rotatable bonds is 4. The van der Waals surface area contributed by atoms with Crippen molar-refractivity contribution in [1.82, 2.24) is 9.80 Å². The van der Waals surface area contributed by atoms with Crippen molar-refractivity contribution < 1.29 is 9.59 Å². The Morgan fingerprint density at radius 2 is 1.53 bits per heavy atom. The molecule has 2 aromatic carbocycles. The van der Waals surface area contributed by atoms with Gasteiger partial charge >= 0.3 is 6.03 Å². The first-order valence-corrected chi connectivity index (χ1v) is 10.8. The summed E-state index contributed by atoms with van der Waals surface area (Å²) in [7, 11) is 0. The third-order valence-corrected chi connectivity index (χ3v) is 6.41. The minimum Gasteiger partial charge on any atom is -0.368 e. The van der Waals surface area contributed by atoms with Crippen molar-refractivity contribution in [3.05, 3.63) is 58.1 Å². The lowest BCUT2D eigenvalue weighted by Crippen LogP contribution is -2.51. The summed E-state index contributed by atoms with van der Waals surface area (Å²) in [4.78, 5) is 32.9. The van der Waals surface area contributed by atoms with Crippen LogP contribution in [0.4, 0.5) is 16.2 Å². The van der Waals surface area contributed by atoms with Crippen LogP contribution in [-0.4, -0.2) is 67.6 Å². The molecule has 0 saturated carbocycles. The van der Waals surface area contributed by atoms with Crippen LogP contribution in [0.2, 0.25) is 10.0 Å². The molecule has 2 saturated heterocycles. The third-order valence-electron chi connectivity index (χ3n) is 5.67. The summed E-state index contributed by atoms with van der Waals surface area (Å²) in [6.45, 7) is 5.95. The van der Waals surface area contributed by atoms with Crippen molar-refractivity contribution in [1.29, 1.82) is 0 Å². The molecule has 0 aliphatic carbocycles. The van der Waals surface area contributed by atoms with Gasteiger partial charge in [0.1, 0.15) is 6.54 Å². The number of aryl methyl sites for hydroxylation is 1. The van der Waals surface area contributed by atoms with E-state index in [1.165, 1.54) is 0 Å². The standard InChI is InChI=1S/C22H24Cl2N4O2/c1-16-2-4-17(5-3-16)28-13-12-27(22(28)30)15-21(29)26-10-8-25(9-11-26)18-6-7-19(23)20(24)14-18/h2-7,14H,8-13,15H2,1H3. The topological polar surface area (TPSA) is 47.1 Å². The third kappa shape index (κ3) is 4.35. The van der Waals surface area contributed by atoms with Crippen LogP contribution < -0.4 is 9.80 Å². The van der Waals surface area contributed by atoms with Crippen LogP contribution in [-0.2, 0) is 4.79 Å². The quantitative estimate of drug-likeness (QED) is 0.715. The Morgan fingerprint density at radius 3 is 2.20 bits per heavy atom. The molecule has 158 valence electrons. The van der Waals surface area contributed by atoms with Crippen LogP contribution in [0, 0.1) is 6.92 Å². The van der Waals surface area contributed by atoms with Gasteiger partial charge in [-0.25, -0.2) is 4.79 Å². The molecule has 3 amide bonds. The Morgan fingerprint density at radius 1 is 0.867 bits per heavy atom. The molecule has 2 aliphatic heterocycles. The maximum absolute atomic E-state index is 12.8. The second kappa shape index (κ2) is 8.74. The number of piperazine rings is 1. The average molecular weight is 447 g/mol. The number of carbonyl (C=O) groups is 2. The predicted octanol–water partition coefficient (Wildman–Crippen LogP) is 3.89. The maximum Gasteiger partial charge on any atom is 0.325 e. The van der Waals surface area contributed by atoms with Gasteiger partial charge in [-0.05, 0) is 37.3 Å². The van der Waals surface area contributed by atoms with Gasteiger partial charge in [-0.2, -0.15) is 0 Å². The first-order chi connectivity index (χ1) is 14.4. The van der Waals surface area contributed by atoms with E-state index in [0.717, 1.165) is 16.9 Å². The second-order valence-corrected chi connectivity index (χ2v) is 8.47. The lowest BCUT2D eigenvalue weighted by molar-refractivity contribution is -0.131. The van der Waals surface area contributed by atoms with Crippen molar-refractivity contribution in [2.45, 2.75) is 6.92 Å². The molecule has 0 aromatic heterocycles. The smallest absolute Gasteiger partial charge is 0.325 e. The van der Waals surface area contributed by atoms with Gasteiger partial charge in [0.2, 0.25) is 5.91 Å². The van der Waals surface area contributed by atoms with Gasteiger partial charge in [-0.3, -0.25) is 9.69 Å². The minimum absolute atomic E-state index is 0.0112. The fraction of sp³-hybridized carbons (Fsp3) is 0.364. The first-order valence-electron chi connectivity index (χ1n) is 10.0. The Balaban J connectivity index is 1.31. The molecule has 8 heteroatoms. The van der Waals surface area contributed by atoms with E-state index in [9.17, 15) is 9.59 Å². The molecule has 0 unspecified atom stereocenters. The van der Waals surface area contributed by atoms with Crippen molar-refractivity contribution in [3.63, 3.8) is 0 Å². The summed E-state index contributed by atoms with van der Waals surface area (Å²) in [5, 5.41) is 1.06. The molecule has 30 heavy (non-hydrogen) atoms. The number of carbonyl (C=O) groups excluding carboxylic acids is 2. The molecule has 2 aliphatic rings. The van der Waals surface area contributed by atoms with E-state index in [0.29, 0.717) is 49.3 Å². The molecule has 0 N–H and O–H groups in total. The molecule has 4 rings (SSSR count). The molecular weight excluding hydrogens is 423 g/mol. The van der Waals surface area contributed by atoms with Crippen molar-refractivity contribution in [2.24, 2.45) is 0 Å². The molecule has 2 aromatic rings. The van der Waals surface area contributed by atoms with Crippen LogP contribution in [0.5, 0.6) is 0 Å². The minimum atomic E-state index is -0.110. The number of amides is 3. The number of benzene rings is 2. The number of nitrogens with zero attached hydrogens (tertiary/aromatic N) is 4. The molecule has 2 fully saturated rings. The van der Waals surface area contributed by atoms with E-state index in [1.807, 2.05) is 48.2 Å². The van der Waals surface area contributed by atoms with E-state index in [-0.39, 0.29) is 18.5 Å². The van der Waals surface area contributed by atoms with Crippen molar-refractivity contribution in [3.8, 4) is 0 Å². The van der Waals surface area contributed by atoms with E-state index in [1.54, 1.807) is 15.9 Å². The first kappa shape index (κ1) is 20.8. The van der Waals surface area contributed by atoms with E-state index >= 15 is 0 Å². The van der Waals surface area contributed by atoms with Gasteiger partial charge in [0.05, 0.1) is 10.0 Å². The Kier molecular flexibility index (Phi) is 6.06. The summed E-state index contributed by atoms with van der Waals surface area (Å²) >= 11 is 12.1. The Bertz CT molecular complexity index is 943. The summed E-state index contributed by atoms with van der Waals surface area (Å²) < 4.78 is 0. The number of hydrogen-bond acceptors (Lipinski definition) is 3. The molecular formula is C22H24Cl2N4O2. The molecule has 2 heterocycles. The van der Waals surface area contributed by atoms with Gasteiger partial charge in [-0.15, -0.1) is 0 Å². The highest BCUT2D eigenvalue weighted by Gasteiger charge is 2.32. The molecule has 0 atom stereocenters. The number of urea groups is 1. The second-order valence-electron chi connectivity index (χ2n) is 7.66. The van der Waals surface area contributed by atoms with Crippen LogP contribution >= 0.6 is 23.2 Å². The van der Waals surface area contributed by atoms with Gasteiger partial charge < -0.3 is 14.7 Å². The Hall–Kier alpha value is -2.44. The number of halogens is 2. The summed E-state index contributed by atoms with van der Waals surface area (Å²) in [5.41, 5.74) is 3.02. The zero-order valence-electron chi connectivity index (χ0n) is 16.9. The SMILES string of the molecule is Cc1ccc(N2CCN(CC(=O)N3CCN(c4ccc(Cl)c(Cl)c4)CC3)C2=O)cc1. The van der Waals surface area contributed by atoms with Gasteiger partial charge in [0, 0.05) is 50.6 Å². The fourth-order valence-electron chi connectivity index (χ4n) is 3.85. The van der Waals surface area contributed by atoms with E-state index in [4.69, 9.17) is 23.2 Å². The fourth-order valence-corrected chi connectivity index (χ4v) is 4.15. The monoisotopic (exact) mass is 446 g/mol. The van der Waals surface area contributed by atoms with E-state index < -0.39 is 0 Å². The molecule has 0 radical (unpaired) electrons. The zero-order valence-corrected chi connectivity index (χ0v) is 18.4. The highest BCUT2D eigenvalue weighted by Crippen LogP contribution is 2.28. The van der Waals surface area contributed by atoms with Crippen LogP contribution in [0.15, 0.2) is 42.5 Å². The van der Waals surface area contributed by atoms with Crippen LogP contribution in [0.3, 0.4) is 0 Å². The van der Waals surface area contributed by atoms with Crippen LogP contribution in [0.1, 0.15) is 5.56 Å². The molecule has 6 nitrogen and oxygen atoms in total. The van der Waals surface area contributed by atoms with Gasteiger partial charge in [-0.1, -0.05) is 40.9 Å². The van der Waals surface area contributed by atoms with Gasteiger partial charge in [0.15, 0.2) is 0 Å². The number of hydrogen-bond donors (Lipinski definition) is 0. The predicted molar refractivity (Wildman–Crippen MR) is 121 cm³/mol. The van der Waals surface area contributed by atoms with Crippen molar-refractivity contribution >= 4 is 46.5 Å². The highest BCUT2D eigenvalue weighted by molar-refractivity contribution is 6.42. The lowest BCUT2D eigenvalue weighted by Gasteiger charge is -2.36. The van der Waals surface area contributed by atoms with Crippen LogP contribution in [0.25, 0.3) is 0 Å². The van der Waals surface area contributed by atoms with Gasteiger partial charge in [0.25, 0.3) is 0 Å². The number of anilines is 2. The molecule has 0 spiro atoms. The normalized spacial score (nSPS) is 17.1. The summed E-state index contributed by atoms with van der Waals surface area (Å²) in [6, 6.07) is 13.3. The summed E-state index contributed by atoms with van der Waals surface area (Å²) in [6.07, 6.45) is 0. The zero-order chi connectivity index (χ0) is 21.3. The van der Waals surface area contributed by atoms with E-state index in [2.05, 4.69) is 4.90 Å². The lowest BCUT2D eigenvalue weighted by atomic mass is 10.2. The molecule has 0 bridgehead atoms.